The molecule has 0 bridgehead atoms. The molecule has 2 saturated heterocycles. The first kappa shape index (κ1) is 25.5. The molecule has 33 heavy (non-hydrogen) atoms. The Labute approximate surface area is 205 Å². The molecule has 1 aromatic rings. The molecule has 7 nitrogen and oxygen atoms in total. The predicted molar refractivity (Wildman–Crippen MR) is 137 cm³/mol. The molecule has 3 rings (SSSR count). The van der Waals surface area contributed by atoms with Crippen LogP contribution in [0.25, 0.3) is 6.08 Å². The van der Waals surface area contributed by atoms with Gasteiger partial charge in [0, 0.05) is 45.0 Å². The number of hydrogen-bond donors (Lipinski definition) is 0. The van der Waals surface area contributed by atoms with E-state index >= 15 is 0 Å². The molecular weight excluding hydrogens is 456 g/mol. The van der Waals surface area contributed by atoms with E-state index in [-0.39, 0.29) is 17.0 Å². The molecule has 1 atom stereocenters. The van der Waals surface area contributed by atoms with Crippen LogP contribution in [0.4, 0.5) is 5.82 Å². The molecule has 2 aliphatic heterocycles. The Kier molecular flexibility index (Phi) is 8.74. The van der Waals surface area contributed by atoms with Gasteiger partial charge in [0.1, 0.15) is 21.8 Å². The number of nitriles is 1. The molecule has 1 amide bonds. The number of amides is 1. The molecule has 2 fully saturated rings. The van der Waals surface area contributed by atoms with Crippen molar-refractivity contribution >= 4 is 46.1 Å². The lowest BCUT2D eigenvalue weighted by Crippen LogP contribution is -2.40. The summed E-state index contributed by atoms with van der Waals surface area (Å²) in [4.78, 5) is 30.7. The number of anilines is 1. The van der Waals surface area contributed by atoms with Crippen LogP contribution in [0.15, 0.2) is 9.70 Å². The normalized spacial score (nSPS) is 20.1. The van der Waals surface area contributed by atoms with Crippen molar-refractivity contribution < 1.29 is 9.53 Å². The van der Waals surface area contributed by atoms with Gasteiger partial charge in [-0.3, -0.25) is 19.1 Å². The number of ether oxygens (including phenoxy) is 1. The van der Waals surface area contributed by atoms with Crippen LogP contribution in [0.3, 0.4) is 0 Å². The number of aromatic nitrogens is 1. The molecule has 2 aliphatic rings. The van der Waals surface area contributed by atoms with Crippen molar-refractivity contribution in [2.24, 2.45) is 5.92 Å². The van der Waals surface area contributed by atoms with E-state index < -0.39 is 0 Å². The number of nitrogens with zero attached hydrogens (tertiary/aromatic N) is 4. The summed E-state index contributed by atoms with van der Waals surface area (Å²) in [5, 5.41) is 9.71. The standard InChI is InChI=1S/C24H32N4O3S2/c1-5-27-21(26-10-7-9-16(3)15-26)18(17(4)19(14-25)22(27)29)13-20-23(30)28(24(32)33-20)11-8-12-31-6-2/h13,16H,5-12,15H2,1-4H3/b20-13-. The third-order valence-electron chi connectivity index (χ3n) is 6.14. The van der Waals surface area contributed by atoms with Crippen molar-refractivity contribution in [2.75, 3.05) is 37.7 Å². The van der Waals surface area contributed by atoms with Gasteiger partial charge in [-0.15, -0.1) is 0 Å². The van der Waals surface area contributed by atoms with Crippen molar-refractivity contribution in [1.29, 1.82) is 5.26 Å². The first-order valence-corrected chi connectivity index (χ1v) is 12.8. The van der Waals surface area contributed by atoms with Crippen molar-refractivity contribution in [1.82, 2.24) is 9.47 Å². The molecule has 0 saturated carbocycles. The fraction of sp³-hybridized carbons (Fsp3) is 0.583. The second kappa shape index (κ2) is 11.3. The van der Waals surface area contributed by atoms with Crippen LogP contribution in [-0.2, 0) is 16.1 Å². The molecule has 1 unspecified atom stereocenters. The van der Waals surface area contributed by atoms with Crippen molar-refractivity contribution in [3.05, 3.63) is 31.9 Å². The van der Waals surface area contributed by atoms with Gasteiger partial charge < -0.3 is 9.64 Å². The molecular formula is C24H32N4O3S2. The largest absolute Gasteiger partial charge is 0.382 e. The van der Waals surface area contributed by atoms with E-state index in [0.29, 0.717) is 53.4 Å². The van der Waals surface area contributed by atoms with Crippen LogP contribution in [0.5, 0.6) is 0 Å². The summed E-state index contributed by atoms with van der Waals surface area (Å²) < 4.78 is 7.59. The Morgan fingerprint density at radius 3 is 2.73 bits per heavy atom. The van der Waals surface area contributed by atoms with E-state index in [9.17, 15) is 14.9 Å². The van der Waals surface area contributed by atoms with E-state index in [4.69, 9.17) is 17.0 Å². The SMILES string of the molecule is CCOCCCN1C(=O)/C(=C/c2c(C)c(C#N)c(=O)n(CC)c2N2CCCC(C)C2)SC1=S. The van der Waals surface area contributed by atoms with E-state index in [0.717, 1.165) is 37.3 Å². The Morgan fingerprint density at radius 2 is 2.09 bits per heavy atom. The maximum atomic E-state index is 13.2. The second-order valence-electron chi connectivity index (χ2n) is 8.48. The van der Waals surface area contributed by atoms with E-state index in [1.165, 1.54) is 11.8 Å². The molecule has 3 heterocycles. The van der Waals surface area contributed by atoms with Gasteiger partial charge in [-0.2, -0.15) is 5.26 Å². The highest BCUT2D eigenvalue weighted by molar-refractivity contribution is 8.26. The average molecular weight is 489 g/mol. The number of thiocarbonyl (C=S) groups is 1. The number of carbonyl (C=O) groups is 1. The zero-order valence-electron chi connectivity index (χ0n) is 19.8. The number of thioether (sulfide) groups is 1. The summed E-state index contributed by atoms with van der Waals surface area (Å²) in [7, 11) is 0. The highest BCUT2D eigenvalue weighted by Gasteiger charge is 2.33. The van der Waals surface area contributed by atoms with Gasteiger partial charge in [0.2, 0.25) is 0 Å². The van der Waals surface area contributed by atoms with Gasteiger partial charge in [-0.1, -0.05) is 30.9 Å². The smallest absolute Gasteiger partial charge is 0.270 e. The molecule has 1 aromatic heterocycles. The molecule has 178 valence electrons. The minimum Gasteiger partial charge on any atom is -0.382 e. The lowest BCUT2D eigenvalue weighted by atomic mass is 9.98. The average Bonchev–Trinajstić information content (AvgIpc) is 3.05. The van der Waals surface area contributed by atoms with Crippen LogP contribution in [0.1, 0.15) is 56.7 Å². The summed E-state index contributed by atoms with van der Waals surface area (Å²) in [6, 6.07) is 2.09. The number of rotatable bonds is 8. The lowest BCUT2D eigenvalue weighted by molar-refractivity contribution is -0.122. The third-order valence-corrected chi connectivity index (χ3v) is 7.52. The molecule has 0 aromatic carbocycles. The van der Waals surface area contributed by atoms with Gasteiger partial charge in [0.05, 0.1) is 4.91 Å². The molecule has 0 spiro atoms. The Bertz CT molecular complexity index is 1060. The van der Waals surface area contributed by atoms with Crippen LogP contribution >= 0.6 is 24.0 Å². The summed E-state index contributed by atoms with van der Waals surface area (Å²) in [5.74, 6) is 1.17. The van der Waals surface area contributed by atoms with E-state index in [1.54, 1.807) is 16.4 Å². The summed E-state index contributed by atoms with van der Waals surface area (Å²) in [6.07, 6.45) is 4.73. The number of hydrogen-bond acceptors (Lipinski definition) is 7. The van der Waals surface area contributed by atoms with Crippen molar-refractivity contribution in [3.8, 4) is 6.07 Å². The predicted octanol–water partition coefficient (Wildman–Crippen LogP) is 3.91. The fourth-order valence-electron chi connectivity index (χ4n) is 4.45. The number of pyridine rings is 1. The minimum absolute atomic E-state index is 0.129. The molecule has 0 radical (unpaired) electrons. The van der Waals surface area contributed by atoms with E-state index in [2.05, 4.69) is 17.9 Å². The van der Waals surface area contributed by atoms with Gasteiger partial charge in [-0.05, 0) is 57.6 Å². The highest BCUT2D eigenvalue weighted by atomic mass is 32.2. The van der Waals surface area contributed by atoms with Gasteiger partial charge >= 0.3 is 0 Å². The quantitative estimate of drug-likeness (QED) is 0.312. The van der Waals surface area contributed by atoms with Gasteiger partial charge in [-0.25, -0.2) is 0 Å². The molecule has 9 heteroatoms. The van der Waals surface area contributed by atoms with Gasteiger partial charge in [0.15, 0.2) is 0 Å². The van der Waals surface area contributed by atoms with Crippen molar-refractivity contribution in [2.45, 2.75) is 53.5 Å². The topological polar surface area (TPSA) is 78.6 Å². The van der Waals surface area contributed by atoms with Crippen LogP contribution in [0.2, 0.25) is 0 Å². The third kappa shape index (κ3) is 5.34. The Balaban J connectivity index is 2.07. The first-order valence-electron chi connectivity index (χ1n) is 11.6. The maximum Gasteiger partial charge on any atom is 0.270 e. The van der Waals surface area contributed by atoms with Crippen LogP contribution in [0, 0.1) is 24.2 Å². The fourth-order valence-corrected chi connectivity index (χ4v) is 5.74. The second-order valence-corrected chi connectivity index (χ2v) is 10.2. The first-order chi connectivity index (χ1) is 15.8. The zero-order valence-corrected chi connectivity index (χ0v) is 21.5. The summed E-state index contributed by atoms with van der Waals surface area (Å²) in [5.41, 5.74) is 1.23. The van der Waals surface area contributed by atoms with Crippen molar-refractivity contribution in [3.63, 3.8) is 0 Å². The van der Waals surface area contributed by atoms with Crippen LogP contribution in [-0.4, -0.2) is 52.5 Å². The van der Waals surface area contributed by atoms with E-state index in [1.807, 2.05) is 19.9 Å². The number of piperidine rings is 1. The maximum absolute atomic E-state index is 13.2. The Morgan fingerprint density at radius 1 is 1.33 bits per heavy atom. The van der Waals surface area contributed by atoms with Gasteiger partial charge in [0.25, 0.3) is 11.5 Å². The summed E-state index contributed by atoms with van der Waals surface area (Å²) >= 11 is 6.76. The highest BCUT2D eigenvalue weighted by Crippen LogP contribution is 2.36. The number of carbonyl (C=O) groups excluding carboxylic acids is 1. The monoisotopic (exact) mass is 488 g/mol. The zero-order chi connectivity index (χ0) is 24.1. The summed E-state index contributed by atoms with van der Waals surface area (Å²) in [6.45, 7) is 11.7. The minimum atomic E-state index is -0.272. The molecule has 0 N–H and O–H groups in total. The Hall–Kier alpha value is -2.15. The lowest BCUT2D eigenvalue weighted by Gasteiger charge is -2.35. The van der Waals surface area contributed by atoms with Crippen LogP contribution < -0.4 is 10.5 Å². The molecule has 0 aliphatic carbocycles.